The van der Waals surface area contributed by atoms with Gasteiger partial charge in [0.15, 0.2) is 0 Å². The van der Waals surface area contributed by atoms with Crippen LogP contribution >= 0.6 is 0 Å². The summed E-state index contributed by atoms with van der Waals surface area (Å²) in [4.78, 5) is 0.306. The lowest BCUT2D eigenvalue weighted by Gasteiger charge is -2.40. The zero-order chi connectivity index (χ0) is 15.8. The Hall–Kier alpha value is -0.910. The molecule has 0 spiro atoms. The first-order valence-electron chi connectivity index (χ1n) is 7.53. The molecule has 0 amide bonds. The minimum Gasteiger partial charge on any atom is -0.389 e. The monoisotopic (exact) mass is 311 g/mol. The standard InChI is InChI=1S/C16H25NO3S/c1-11-9-12(2)13(3)17(10-11)21(19,20)16-7-5-15(6-8-16)14(4)18/h5-8,11-14,18H,9-10H2,1-4H3. The van der Waals surface area contributed by atoms with Crippen LogP contribution in [0.25, 0.3) is 0 Å². The van der Waals surface area contributed by atoms with Crippen molar-refractivity contribution in [1.82, 2.24) is 4.31 Å². The SMILES string of the molecule is CC1CC(C)C(C)N(S(=O)(=O)c2ccc(C(C)O)cc2)C1. The van der Waals surface area contributed by atoms with Crippen LogP contribution in [0, 0.1) is 11.8 Å². The Morgan fingerprint density at radius 3 is 2.29 bits per heavy atom. The highest BCUT2D eigenvalue weighted by atomic mass is 32.2. The highest BCUT2D eigenvalue weighted by molar-refractivity contribution is 7.89. The number of sulfonamides is 1. The van der Waals surface area contributed by atoms with E-state index in [4.69, 9.17) is 0 Å². The smallest absolute Gasteiger partial charge is 0.243 e. The van der Waals surface area contributed by atoms with E-state index < -0.39 is 16.1 Å². The highest BCUT2D eigenvalue weighted by Gasteiger charge is 2.37. The molecule has 1 fully saturated rings. The third kappa shape index (κ3) is 3.30. The molecular weight excluding hydrogens is 286 g/mol. The van der Waals surface area contributed by atoms with Gasteiger partial charge in [0.1, 0.15) is 0 Å². The third-order valence-corrected chi connectivity index (χ3v) is 6.48. The molecule has 1 aromatic carbocycles. The van der Waals surface area contributed by atoms with Gasteiger partial charge in [0.2, 0.25) is 10.0 Å². The van der Waals surface area contributed by atoms with Crippen LogP contribution in [0.15, 0.2) is 29.2 Å². The molecule has 1 aromatic rings. The zero-order valence-electron chi connectivity index (χ0n) is 13.2. The quantitative estimate of drug-likeness (QED) is 0.934. The molecule has 21 heavy (non-hydrogen) atoms. The maximum atomic E-state index is 12.8. The fourth-order valence-electron chi connectivity index (χ4n) is 3.03. The van der Waals surface area contributed by atoms with E-state index in [0.29, 0.717) is 23.3 Å². The van der Waals surface area contributed by atoms with Crippen molar-refractivity contribution in [1.29, 1.82) is 0 Å². The molecule has 1 aliphatic rings. The Kier molecular flexibility index (Phi) is 4.76. The number of piperidine rings is 1. The minimum atomic E-state index is -3.47. The summed E-state index contributed by atoms with van der Waals surface area (Å²) < 4.78 is 27.3. The van der Waals surface area contributed by atoms with Gasteiger partial charge in [-0.3, -0.25) is 0 Å². The third-order valence-electron chi connectivity index (χ3n) is 4.51. The summed E-state index contributed by atoms with van der Waals surface area (Å²) in [7, 11) is -3.47. The van der Waals surface area contributed by atoms with Crippen molar-refractivity contribution < 1.29 is 13.5 Å². The molecular formula is C16H25NO3S. The molecule has 118 valence electrons. The minimum absolute atomic E-state index is 0.0163. The summed E-state index contributed by atoms with van der Waals surface area (Å²) in [6.07, 6.45) is 0.476. The van der Waals surface area contributed by atoms with Gasteiger partial charge >= 0.3 is 0 Å². The molecule has 1 N–H and O–H groups in total. The maximum Gasteiger partial charge on any atom is 0.243 e. The van der Waals surface area contributed by atoms with Crippen molar-refractivity contribution in [3.05, 3.63) is 29.8 Å². The van der Waals surface area contributed by atoms with Crippen molar-refractivity contribution in [3.63, 3.8) is 0 Å². The Bertz CT molecular complexity index is 580. The fraction of sp³-hybridized carbons (Fsp3) is 0.625. The van der Waals surface area contributed by atoms with E-state index in [1.54, 1.807) is 35.5 Å². The Morgan fingerprint density at radius 1 is 1.19 bits per heavy atom. The second-order valence-electron chi connectivity index (χ2n) is 6.38. The summed E-state index contributed by atoms with van der Waals surface area (Å²) >= 11 is 0. The lowest BCUT2D eigenvalue weighted by molar-refractivity contribution is 0.157. The predicted molar refractivity (Wildman–Crippen MR) is 83.4 cm³/mol. The van der Waals surface area contributed by atoms with Crippen LogP contribution < -0.4 is 0 Å². The van der Waals surface area contributed by atoms with Crippen LogP contribution in [0.1, 0.15) is 45.8 Å². The molecule has 0 aromatic heterocycles. The van der Waals surface area contributed by atoms with Crippen molar-refractivity contribution in [2.24, 2.45) is 11.8 Å². The first kappa shape index (κ1) is 16.5. The first-order chi connectivity index (χ1) is 9.73. The Morgan fingerprint density at radius 2 is 1.76 bits per heavy atom. The lowest BCUT2D eigenvalue weighted by atomic mass is 9.88. The van der Waals surface area contributed by atoms with Gasteiger partial charge in [0, 0.05) is 12.6 Å². The molecule has 4 unspecified atom stereocenters. The molecule has 0 radical (unpaired) electrons. The normalized spacial score (nSPS) is 29.3. The van der Waals surface area contributed by atoms with E-state index in [-0.39, 0.29) is 6.04 Å². The van der Waals surface area contributed by atoms with Crippen molar-refractivity contribution in [2.75, 3.05) is 6.54 Å². The van der Waals surface area contributed by atoms with E-state index in [1.165, 1.54) is 0 Å². The number of rotatable bonds is 3. The van der Waals surface area contributed by atoms with Crippen molar-refractivity contribution in [3.8, 4) is 0 Å². The largest absolute Gasteiger partial charge is 0.389 e. The summed E-state index contributed by atoms with van der Waals surface area (Å²) in [5, 5.41) is 9.52. The van der Waals surface area contributed by atoms with E-state index in [2.05, 4.69) is 13.8 Å². The number of aliphatic hydroxyl groups is 1. The van der Waals surface area contributed by atoms with Crippen LogP contribution in [0.2, 0.25) is 0 Å². The van der Waals surface area contributed by atoms with Crippen LogP contribution in [0.3, 0.4) is 0 Å². The van der Waals surface area contributed by atoms with Gasteiger partial charge in [-0.15, -0.1) is 0 Å². The molecule has 5 heteroatoms. The lowest BCUT2D eigenvalue weighted by Crippen LogP contribution is -2.48. The molecule has 4 nitrogen and oxygen atoms in total. The highest BCUT2D eigenvalue weighted by Crippen LogP contribution is 2.31. The number of aliphatic hydroxyl groups excluding tert-OH is 1. The predicted octanol–water partition coefficient (Wildman–Crippen LogP) is 2.80. The molecule has 4 atom stereocenters. The number of nitrogens with zero attached hydrogens (tertiary/aromatic N) is 1. The van der Waals surface area contributed by atoms with Crippen molar-refractivity contribution >= 4 is 10.0 Å². The van der Waals surface area contributed by atoms with Gasteiger partial charge in [-0.2, -0.15) is 4.31 Å². The van der Waals surface area contributed by atoms with Crippen LogP contribution in [-0.2, 0) is 10.0 Å². The van der Waals surface area contributed by atoms with Gasteiger partial charge < -0.3 is 5.11 Å². The zero-order valence-corrected chi connectivity index (χ0v) is 14.0. The molecule has 0 saturated carbocycles. The van der Waals surface area contributed by atoms with E-state index >= 15 is 0 Å². The average molecular weight is 311 g/mol. The van der Waals surface area contributed by atoms with Gasteiger partial charge in [-0.1, -0.05) is 26.0 Å². The molecule has 2 rings (SSSR count). The van der Waals surface area contributed by atoms with E-state index in [9.17, 15) is 13.5 Å². The van der Waals surface area contributed by atoms with Gasteiger partial charge in [-0.25, -0.2) is 8.42 Å². The topological polar surface area (TPSA) is 57.6 Å². The van der Waals surface area contributed by atoms with Crippen LogP contribution in [0.5, 0.6) is 0 Å². The molecule has 0 aliphatic carbocycles. The fourth-order valence-corrected chi connectivity index (χ4v) is 4.88. The van der Waals surface area contributed by atoms with E-state index in [0.717, 1.165) is 12.0 Å². The second-order valence-corrected chi connectivity index (χ2v) is 8.27. The van der Waals surface area contributed by atoms with Gasteiger partial charge in [-0.05, 0) is 49.8 Å². The summed E-state index contributed by atoms with van der Waals surface area (Å²) in [6.45, 7) is 8.44. The summed E-state index contributed by atoms with van der Waals surface area (Å²) in [6, 6.07) is 6.56. The Labute approximate surface area is 127 Å². The maximum absolute atomic E-state index is 12.8. The second kappa shape index (κ2) is 6.07. The molecule has 1 heterocycles. The Balaban J connectivity index is 2.32. The number of hydrogen-bond acceptors (Lipinski definition) is 3. The summed E-state index contributed by atoms with van der Waals surface area (Å²) in [5.74, 6) is 0.739. The van der Waals surface area contributed by atoms with Crippen molar-refractivity contribution in [2.45, 2.75) is 51.2 Å². The summed E-state index contributed by atoms with van der Waals surface area (Å²) in [5.41, 5.74) is 0.724. The van der Waals surface area contributed by atoms with Gasteiger partial charge in [0.25, 0.3) is 0 Å². The van der Waals surface area contributed by atoms with E-state index in [1.807, 2.05) is 6.92 Å². The molecule has 1 saturated heterocycles. The average Bonchev–Trinajstić information content (AvgIpc) is 2.42. The first-order valence-corrected chi connectivity index (χ1v) is 8.97. The van der Waals surface area contributed by atoms with Gasteiger partial charge in [0.05, 0.1) is 11.0 Å². The van der Waals surface area contributed by atoms with Crippen LogP contribution in [0.4, 0.5) is 0 Å². The number of benzene rings is 1. The molecule has 1 aliphatic heterocycles. The molecule has 0 bridgehead atoms. The van der Waals surface area contributed by atoms with Crippen LogP contribution in [-0.4, -0.2) is 30.4 Å². The number of hydrogen-bond donors (Lipinski definition) is 1.